The van der Waals surface area contributed by atoms with E-state index < -0.39 is 44.4 Å². The lowest BCUT2D eigenvalue weighted by atomic mass is 10.2. The fourth-order valence-corrected chi connectivity index (χ4v) is 10.2. The molecule has 0 unspecified atom stereocenters. The van der Waals surface area contributed by atoms with Gasteiger partial charge in [0.1, 0.15) is 56.9 Å². The number of hydrogen-bond acceptors (Lipinski definition) is 16. The third kappa shape index (κ3) is 39.7. The number of hydrogen-bond donors (Lipinski definition) is 0. The first-order valence-corrected chi connectivity index (χ1v) is 36.7. The Balaban J connectivity index is 0.00000112. The van der Waals surface area contributed by atoms with E-state index in [-0.39, 0.29) is 70.6 Å². The fraction of sp³-hybridized carbons (Fsp3) is 0.308. The molecule has 0 radical (unpaired) electrons. The predicted octanol–water partition coefficient (Wildman–Crippen LogP) is 14.7. The Labute approximate surface area is 559 Å². The highest BCUT2D eigenvalue weighted by Crippen LogP contribution is 2.19. The van der Waals surface area contributed by atoms with Crippen molar-refractivity contribution in [1.82, 2.24) is 4.90 Å². The van der Waals surface area contributed by atoms with Crippen molar-refractivity contribution in [2.75, 3.05) is 75.7 Å². The average Bonchev–Trinajstić information content (AvgIpc) is 1.84. The van der Waals surface area contributed by atoms with E-state index in [9.17, 15) is 39.6 Å². The van der Waals surface area contributed by atoms with Crippen molar-refractivity contribution in [3.8, 4) is 17.2 Å². The Morgan fingerprint density at radius 2 is 0.764 bits per heavy atom. The number of rotatable bonds is 24. The molecular formula is C65H80Cl4INO15S3. The van der Waals surface area contributed by atoms with Crippen LogP contribution in [0.2, 0.25) is 0 Å². The van der Waals surface area contributed by atoms with Gasteiger partial charge in [0.2, 0.25) is 7.01 Å². The topological polar surface area (TPSA) is 212 Å². The molecule has 16 nitrogen and oxygen atoms in total. The Kier molecular flexibility index (Phi) is 44.7. The number of aryl methyl sites for hydroxylation is 3. The van der Waals surface area contributed by atoms with Crippen molar-refractivity contribution >= 4 is 112 Å². The summed E-state index contributed by atoms with van der Waals surface area (Å²) in [6.07, 6.45) is 0. The number of halogens is 5. The lowest BCUT2D eigenvalue weighted by Gasteiger charge is -2.13. The standard InChI is InChI=1S/2C19H20O5S.C12H14O3.C7H7IO2S.C6H15N.2CH2Cl2/c2*1-15-8-10-18(11-9-15)25(21,22)14-16(2)19(20)24-13-12-23-17-6-4-3-5-7-17;1-10(2)12(13)15-9-8-14-11-6-4-3-5-7-11;1-6-2-4-7(5-3-6)11(8,9)10;1-4-7(5-2)6-3;2*2-1-3/h3-11,14H,12-13H2,1-2H3;3-11H,2,12-14H2,1H3;3-7H,1,8-9H2,2H3;2-5H,1H3;4-6H2,1-3H3;2*1H2/b16-14+;;;;;;. The summed E-state index contributed by atoms with van der Waals surface area (Å²) in [7, 11) is -10.4. The third-order valence-corrected chi connectivity index (χ3v) is 16.7. The van der Waals surface area contributed by atoms with Gasteiger partial charge in [-0.15, -0.1) is 46.4 Å². The van der Waals surface area contributed by atoms with E-state index in [2.05, 4.69) is 38.8 Å². The highest BCUT2D eigenvalue weighted by atomic mass is 127. The molecule has 0 N–H and O–H groups in total. The second-order valence-electron chi connectivity index (χ2n) is 18.1. The zero-order valence-corrected chi connectivity index (χ0v) is 58.9. The summed E-state index contributed by atoms with van der Waals surface area (Å²) >= 11 is 20.5. The zero-order chi connectivity index (χ0) is 67.3. The van der Waals surface area contributed by atoms with Gasteiger partial charge in [0.15, 0.2) is 19.7 Å². The molecule has 89 heavy (non-hydrogen) atoms. The molecule has 0 bridgehead atoms. The van der Waals surface area contributed by atoms with Crippen LogP contribution in [0.5, 0.6) is 17.2 Å². The van der Waals surface area contributed by atoms with E-state index in [1.807, 2.05) is 87.5 Å². The number of sulfone groups is 2. The maximum atomic E-state index is 12.3. The molecule has 0 atom stereocenters. The molecule has 0 heterocycles. The van der Waals surface area contributed by atoms with Crippen molar-refractivity contribution < 1.29 is 68.1 Å². The van der Waals surface area contributed by atoms with Gasteiger partial charge in [-0.05, 0) is 127 Å². The summed E-state index contributed by atoms with van der Waals surface area (Å²) in [6.45, 7) is 26.8. The highest BCUT2D eigenvalue weighted by molar-refractivity contribution is 14.2. The van der Waals surface area contributed by atoms with E-state index in [4.69, 9.17) is 74.8 Å². The van der Waals surface area contributed by atoms with Gasteiger partial charge in [0, 0.05) is 22.1 Å². The van der Waals surface area contributed by atoms with Crippen LogP contribution in [0, 0.1) is 20.8 Å². The maximum absolute atomic E-state index is 12.3. The number of carbonyl (C=O) groups excluding carboxylic acids is 3. The van der Waals surface area contributed by atoms with Crippen molar-refractivity contribution in [3.05, 3.63) is 216 Å². The minimum absolute atomic E-state index is 0.0112. The largest absolute Gasteiger partial charge is 0.490 e. The summed E-state index contributed by atoms with van der Waals surface area (Å²) in [5.41, 5.74) is 3.28. The van der Waals surface area contributed by atoms with Gasteiger partial charge >= 0.3 is 17.9 Å². The molecule has 6 aromatic carbocycles. The summed E-state index contributed by atoms with van der Waals surface area (Å²) in [4.78, 5) is 37.8. The summed E-state index contributed by atoms with van der Waals surface area (Å²) in [5.74, 6) is -0.184. The Morgan fingerprint density at radius 1 is 0.461 bits per heavy atom. The second kappa shape index (κ2) is 47.9. The van der Waals surface area contributed by atoms with Crippen molar-refractivity contribution in [2.24, 2.45) is 0 Å². The molecule has 488 valence electrons. The van der Waals surface area contributed by atoms with E-state index in [1.54, 1.807) is 79.7 Å². The van der Waals surface area contributed by atoms with Crippen LogP contribution < -0.4 is 14.2 Å². The van der Waals surface area contributed by atoms with E-state index in [0.717, 1.165) is 27.8 Å². The summed E-state index contributed by atoms with van der Waals surface area (Å²) < 4.78 is 102. The lowest BCUT2D eigenvalue weighted by Crippen LogP contribution is -2.21. The molecular weight excluding hydrogens is 1400 g/mol. The molecule has 0 saturated carbocycles. The predicted molar refractivity (Wildman–Crippen MR) is 367 cm³/mol. The SMILES string of the molecule is C/C(=C\S(=O)(=O)c1ccc(C)cc1)C(=O)OCCOc1ccccc1.C=C(C)C(=O)OCCOc1ccccc1.C=C(CS(=O)(=O)c1ccc(C)cc1)C(=O)OCCOc1ccccc1.CCN(CC)CC.Cc1ccc(S(=O)(=O)I)cc1.ClCCl.ClCCl. The number of carbonyl (C=O) groups is 3. The van der Waals surface area contributed by atoms with Crippen LogP contribution in [0.1, 0.15) is 51.3 Å². The van der Waals surface area contributed by atoms with Gasteiger partial charge in [0.25, 0.3) is 0 Å². The molecule has 0 fully saturated rings. The van der Waals surface area contributed by atoms with E-state index in [1.165, 1.54) is 72.0 Å². The number of benzene rings is 6. The Bertz CT molecular complexity index is 3340. The Hall–Kier alpha value is -5.95. The first-order valence-electron chi connectivity index (χ1n) is 27.3. The van der Waals surface area contributed by atoms with E-state index in [0.29, 0.717) is 28.6 Å². The minimum Gasteiger partial charge on any atom is -0.490 e. The molecule has 0 aliphatic carbocycles. The van der Waals surface area contributed by atoms with Crippen LogP contribution in [-0.4, -0.2) is 124 Å². The number of esters is 3. The van der Waals surface area contributed by atoms with Crippen molar-refractivity contribution in [1.29, 1.82) is 0 Å². The molecule has 0 spiro atoms. The van der Waals surface area contributed by atoms with Gasteiger partial charge in [-0.25, -0.2) is 39.6 Å². The monoisotopic (exact) mass is 1480 g/mol. The normalized spacial score (nSPS) is 10.6. The van der Waals surface area contributed by atoms with Gasteiger partial charge in [0.05, 0.1) is 52.3 Å². The maximum Gasteiger partial charge on any atom is 0.334 e. The third-order valence-electron chi connectivity index (χ3n) is 11.0. The van der Waals surface area contributed by atoms with Crippen molar-refractivity contribution in [3.63, 3.8) is 0 Å². The average molecular weight is 1480 g/mol. The van der Waals surface area contributed by atoms with Crippen LogP contribution >= 0.6 is 67.6 Å². The van der Waals surface area contributed by atoms with Crippen LogP contribution in [0.3, 0.4) is 0 Å². The van der Waals surface area contributed by atoms with Crippen molar-refractivity contribution in [2.45, 2.75) is 70.1 Å². The van der Waals surface area contributed by atoms with Crippen LogP contribution in [-0.2, 0) is 55.3 Å². The molecule has 0 amide bonds. The summed E-state index contributed by atoms with van der Waals surface area (Å²) in [5, 5.41) is 1.32. The Morgan fingerprint density at radius 3 is 1.07 bits per heavy atom. The number of ether oxygens (including phenoxy) is 6. The number of para-hydroxylation sites is 3. The van der Waals surface area contributed by atoms with Gasteiger partial charge in [-0.3, -0.25) is 0 Å². The molecule has 24 heteroatoms. The second-order valence-corrected chi connectivity index (χ2v) is 28.3. The lowest BCUT2D eigenvalue weighted by molar-refractivity contribution is -0.140. The number of alkyl halides is 4. The van der Waals surface area contributed by atoms with Gasteiger partial charge in [-0.2, -0.15) is 0 Å². The van der Waals surface area contributed by atoms with E-state index >= 15 is 0 Å². The first-order chi connectivity index (χ1) is 42.1. The number of nitrogens with zero attached hydrogens (tertiary/aromatic N) is 1. The molecule has 6 rings (SSSR count). The van der Waals surface area contributed by atoms with Crippen LogP contribution in [0.25, 0.3) is 0 Å². The molecule has 0 aromatic heterocycles. The van der Waals surface area contributed by atoms with Gasteiger partial charge < -0.3 is 33.3 Å². The molecule has 0 aliphatic heterocycles. The quantitative estimate of drug-likeness (QED) is 0.0105. The minimum atomic E-state index is -3.69. The summed E-state index contributed by atoms with van der Waals surface area (Å²) in [6, 6.07) is 47.2. The molecule has 0 saturated heterocycles. The molecule has 0 aliphatic rings. The van der Waals surface area contributed by atoms with Crippen LogP contribution in [0.15, 0.2) is 214 Å². The van der Waals surface area contributed by atoms with Gasteiger partial charge in [-0.1, -0.05) is 142 Å². The zero-order valence-electron chi connectivity index (χ0n) is 51.3. The first kappa shape index (κ1) is 83.1. The highest BCUT2D eigenvalue weighted by Gasteiger charge is 2.21. The molecule has 6 aromatic rings. The fourth-order valence-electron chi connectivity index (χ4n) is 6.34. The smallest absolute Gasteiger partial charge is 0.334 e. The van der Waals surface area contributed by atoms with Crippen LogP contribution in [0.4, 0.5) is 0 Å².